The van der Waals surface area contributed by atoms with Gasteiger partial charge in [-0.2, -0.15) is 0 Å². The van der Waals surface area contributed by atoms with Gasteiger partial charge >= 0.3 is 0 Å². The number of nitrogens with zero attached hydrogens (tertiary/aromatic N) is 1. The molecule has 1 aliphatic carbocycles. The van der Waals surface area contributed by atoms with E-state index in [0.717, 1.165) is 12.8 Å². The predicted octanol–water partition coefficient (Wildman–Crippen LogP) is -0.735. The molecule has 3 aliphatic rings. The Hall–Kier alpha value is -1.14. The summed E-state index contributed by atoms with van der Waals surface area (Å²) in [4.78, 5) is 25.6. The van der Waals surface area contributed by atoms with E-state index in [2.05, 4.69) is 5.32 Å². The third-order valence-corrected chi connectivity index (χ3v) is 4.19. The van der Waals surface area contributed by atoms with Gasteiger partial charge in [-0.05, 0) is 12.8 Å². The summed E-state index contributed by atoms with van der Waals surface area (Å²) in [5.41, 5.74) is -0.936. The van der Waals surface area contributed by atoms with Crippen molar-refractivity contribution >= 4 is 11.8 Å². The average Bonchev–Trinajstić information content (AvgIpc) is 3.02. The van der Waals surface area contributed by atoms with E-state index in [1.165, 1.54) is 0 Å². The van der Waals surface area contributed by atoms with E-state index >= 15 is 0 Å². The zero-order chi connectivity index (χ0) is 13.5. The van der Waals surface area contributed by atoms with Crippen molar-refractivity contribution in [2.24, 2.45) is 5.92 Å². The lowest BCUT2D eigenvalue weighted by atomic mass is 10.0. The number of hydrogen-bond acceptors (Lipinski definition) is 4. The molecule has 106 valence electrons. The van der Waals surface area contributed by atoms with E-state index in [9.17, 15) is 14.7 Å². The number of carbonyl (C=O) groups excluding carboxylic acids is 2. The molecule has 3 rings (SSSR count). The Labute approximate surface area is 112 Å². The number of rotatable bonds is 4. The second kappa shape index (κ2) is 4.76. The highest BCUT2D eigenvalue weighted by atomic mass is 16.5. The van der Waals surface area contributed by atoms with Crippen molar-refractivity contribution < 1.29 is 19.4 Å². The number of ether oxygens (including phenoxy) is 1. The van der Waals surface area contributed by atoms with Gasteiger partial charge in [0, 0.05) is 38.6 Å². The Morgan fingerprint density at radius 1 is 1.53 bits per heavy atom. The van der Waals surface area contributed by atoms with Crippen molar-refractivity contribution in [3.8, 4) is 0 Å². The first-order chi connectivity index (χ1) is 9.07. The van der Waals surface area contributed by atoms with Gasteiger partial charge in [-0.25, -0.2) is 0 Å². The first kappa shape index (κ1) is 12.9. The minimum atomic E-state index is -0.936. The Kier molecular flexibility index (Phi) is 3.22. The summed E-state index contributed by atoms with van der Waals surface area (Å²) in [6.07, 6.45) is 2.98. The number of amides is 2. The smallest absolute Gasteiger partial charge is 0.225 e. The summed E-state index contributed by atoms with van der Waals surface area (Å²) in [7, 11) is 0. The van der Waals surface area contributed by atoms with Crippen LogP contribution in [0.4, 0.5) is 0 Å². The molecule has 19 heavy (non-hydrogen) atoms. The van der Waals surface area contributed by atoms with E-state index in [1.807, 2.05) is 4.90 Å². The zero-order valence-electron chi connectivity index (χ0n) is 10.9. The lowest BCUT2D eigenvalue weighted by Crippen LogP contribution is -2.45. The lowest BCUT2D eigenvalue weighted by Gasteiger charge is -2.22. The largest absolute Gasteiger partial charge is 0.386 e. The van der Waals surface area contributed by atoms with Gasteiger partial charge in [-0.15, -0.1) is 0 Å². The lowest BCUT2D eigenvalue weighted by molar-refractivity contribution is -0.129. The normalized spacial score (nSPS) is 34.9. The van der Waals surface area contributed by atoms with Gasteiger partial charge in [-0.3, -0.25) is 9.59 Å². The highest BCUT2D eigenvalue weighted by Crippen LogP contribution is 2.32. The molecule has 6 heteroatoms. The van der Waals surface area contributed by atoms with Crippen molar-refractivity contribution in [3.05, 3.63) is 0 Å². The van der Waals surface area contributed by atoms with Crippen LogP contribution in [0.3, 0.4) is 0 Å². The van der Waals surface area contributed by atoms with Gasteiger partial charge in [0.2, 0.25) is 11.8 Å². The minimum Gasteiger partial charge on any atom is -0.386 e. The molecule has 0 aromatic carbocycles. The molecule has 2 N–H and O–H groups in total. The molecule has 0 spiro atoms. The number of likely N-dealkylation sites (tertiary alicyclic amines) is 1. The van der Waals surface area contributed by atoms with Gasteiger partial charge in [0.15, 0.2) is 0 Å². The fraction of sp³-hybridized carbons (Fsp3) is 0.846. The van der Waals surface area contributed by atoms with Crippen LogP contribution in [0.15, 0.2) is 0 Å². The third kappa shape index (κ3) is 2.74. The summed E-state index contributed by atoms with van der Waals surface area (Å²) in [6.45, 7) is 1.54. The maximum Gasteiger partial charge on any atom is 0.225 e. The monoisotopic (exact) mass is 268 g/mol. The second-order valence-corrected chi connectivity index (χ2v) is 5.92. The maximum absolute atomic E-state index is 12.0. The molecule has 0 bridgehead atoms. The van der Waals surface area contributed by atoms with Crippen LogP contribution in [0.2, 0.25) is 0 Å². The first-order valence-corrected chi connectivity index (χ1v) is 6.95. The van der Waals surface area contributed by atoms with Crippen LogP contribution in [0.5, 0.6) is 0 Å². The Morgan fingerprint density at radius 3 is 2.95 bits per heavy atom. The van der Waals surface area contributed by atoms with Gasteiger partial charge < -0.3 is 20.1 Å². The van der Waals surface area contributed by atoms with E-state index in [4.69, 9.17) is 4.74 Å². The van der Waals surface area contributed by atoms with Gasteiger partial charge in [0.1, 0.15) is 5.60 Å². The molecule has 2 amide bonds. The van der Waals surface area contributed by atoms with Crippen LogP contribution in [-0.2, 0) is 14.3 Å². The van der Waals surface area contributed by atoms with Crippen molar-refractivity contribution in [1.29, 1.82) is 0 Å². The quantitative estimate of drug-likeness (QED) is 0.704. The molecule has 0 radical (unpaired) electrons. The fourth-order valence-corrected chi connectivity index (χ4v) is 2.78. The van der Waals surface area contributed by atoms with Crippen molar-refractivity contribution in [1.82, 2.24) is 10.2 Å². The zero-order valence-corrected chi connectivity index (χ0v) is 10.9. The van der Waals surface area contributed by atoms with Crippen LogP contribution in [0.25, 0.3) is 0 Å². The summed E-state index contributed by atoms with van der Waals surface area (Å²) in [6, 6.07) is 0.373. The Balaban J connectivity index is 1.49. The second-order valence-electron chi connectivity index (χ2n) is 5.92. The summed E-state index contributed by atoms with van der Waals surface area (Å²) >= 11 is 0. The van der Waals surface area contributed by atoms with E-state index in [0.29, 0.717) is 32.0 Å². The predicted molar refractivity (Wildman–Crippen MR) is 66.2 cm³/mol. The molecule has 0 aromatic heterocycles. The number of aliphatic hydroxyl groups is 1. The molecule has 6 nitrogen and oxygen atoms in total. The standard InChI is InChI=1S/C13H20N2O4/c16-11-5-9(6-15(11)10-1-2-10)12(17)14-7-13(18)3-4-19-8-13/h9-10,18H,1-8H2,(H,14,17). The van der Waals surface area contributed by atoms with Gasteiger partial charge in [0.25, 0.3) is 0 Å². The third-order valence-electron chi connectivity index (χ3n) is 4.19. The van der Waals surface area contributed by atoms with Crippen LogP contribution in [0.1, 0.15) is 25.7 Å². The molecule has 3 fully saturated rings. The topological polar surface area (TPSA) is 78.9 Å². The number of carbonyl (C=O) groups is 2. The molecule has 2 atom stereocenters. The SMILES string of the molecule is O=C(NCC1(O)CCOC1)C1CC(=O)N(C2CC2)C1. The van der Waals surface area contributed by atoms with E-state index in [1.54, 1.807) is 0 Å². The van der Waals surface area contributed by atoms with E-state index in [-0.39, 0.29) is 30.9 Å². The molecule has 2 aliphatic heterocycles. The van der Waals surface area contributed by atoms with Crippen molar-refractivity contribution in [2.45, 2.75) is 37.3 Å². The molecular weight excluding hydrogens is 248 g/mol. The molecule has 2 heterocycles. The molecule has 0 aromatic rings. The molecule has 1 saturated carbocycles. The maximum atomic E-state index is 12.0. The fourth-order valence-electron chi connectivity index (χ4n) is 2.78. The summed E-state index contributed by atoms with van der Waals surface area (Å²) < 4.78 is 5.13. The van der Waals surface area contributed by atoms with Crippen molar-refractivity contribution in [3.63, 3.8) is 0 Å². The highest BCUT2D eigenvalue weighted by Gasteiger charge is 2.42. The Bertz CT molecular complexity index is 388. The van der Waals surface area contributed by atoms with Gasteiger partial charge in [-0.1, -0.05) is 0 Å². The van der Waals surface area contributed by atoms with Gasteiger partial charge in [0.05, 0.1) is 12.5 Å². The number of hydrogen-bond donors (Lipinski definition) is 2. The molecular formula is C13H20N2O4. The summed E-state index contributed by atoms with van der Waals surface area (Å²) in [5, 5.41) is 12.8. The molecule has 2 saturated heterocycles. The van der Waals surface area contributed by atoms with Crippen molar-refractivity contribution in [2.75, 3.05) is 26.3 Å². The minimum absolute atomic E-state index is 0.0885. The van der Waals surface area contributed by atoms with Crippen LogP contribution in [0, 0.1) is 5.92 Å². The van der Waals surface area contributed by atoms with Crippen LogP contribution >= 0.6 is 0 Å². The average molecular weight is 268 g/mol. The van der Waals surface area contributed by atoms with E-state index < -0.39 is 5.60 Å². The van der Waals surface area contributed by atoms with Crippen LogP contribution in [-0.4, -0.2) is 59.8 Å². The number of nitrogens with one attached hydrogen (secondary N) is 1. The Morgan fingerprint density at radius 2 is 2.32 bits per heavy atom. The van der Waals surface area contributed by atoms with Crippen LogP contribution < -0.4 is 5.32 Å². The molecule has 2 unspecified atom stereocenters. The first-order valence-electron chi connectivity index (χ1n) is 6.95. The summed E-state index contributed by atoms with van der Waals surface area (Å²) in [5.74, 6) is -0.304. The highest BCUT2D eigenvalue weighted by molar-refractivity contribution is 5.89.